The molecule has 0 aromatic carbocycles. The number of rotatable bonds is 5. The van der Waals surface area contributed by atoms with E-state index in [0.717, 1.165) is 25.0 Å². The van der Waals surface area contributed by atoms with Crippen LogP contribution in [-0.2, 0) is 13.7 Å². The molecule has 2 amide bonds. The summed E-state index contributed by atoms with van der Waals surface area (Å²) in [5.41, 5.74) is 0. The summed E-state index contributed by atoms with van der Waals surface area (Å²) in [5.74, 6) is 0.236. The molecule has 3 N–H and O–H groups in total. The maximum Gasteiger partial charge on any atom is 0.549 e. The summed E-state index contributed by atoms with van der Waals surface area (Å²) in [6.45, 7) is 0. The SMILES string of the molecule is O=C(O)CCCC[C@@H]1SC[C@@H]2NC(=O)N[C@@H]21.O=[Si]=O. The summed E-state index contributed by atoms with van der Waals surface area (Å²) in [7, 11) is -1.42. The number of fused-ring (bicyclic) bond motifs is 1. The van der Waals surface area contributed by atoms with Gasteiger partial charge in [-0.05, 0) is 12.8 Å². The van der Waals surface area contributed by atoms with Crippen molar-refractivity contribution in [2.75, 3.05) is 5.75 Å². The molecule has 19 heavy (non-hydrogen) atoms. The Morgan fingerprint density at radius 3 is 2.68 bits per heavy atom. The van der Waals surface area contributed by atoms with E-state index in [4.69, 9.17) is 14.0 Å². The molecule has 3 atom stereocenters. The van der Waals surface area contributed by atoms with Crippen LogP contribution in [0.2, 0.25) is 0 Å². The van der Waals surface area contributed by atoms with Gasteiger partial charge in [-0.3, -0.25) is 13.7 Å². The summed E-state index contributed by atoms with van der Waals surface area (Å²) in [6, 6.07) is 0.440. The van der Waals surface area contributed by atoms with Gasteiger partial charge in [0.2, 0.25) is 0 Å². The Morgan fingerprint density at radius 2 is 2.05 bits per heavy atom. The van der Waals surface area contributed by atoms with Crippen LogP contribution < -0.4 is 10.6 Å². The quantitative estimate of drug-likeness (QED) is 0.379. The number of carbonyl (C=O) groups excluding carboxylic acids is 1. The third kappa shape index (κ3) is 5.19. The van der Waals surface area contributed by atoms with E-state index in [2.05, 4.69) is 10.6 Å². The van der Waals surface area contributed by atoms with Gasteiger partial charge in [0.25, 0.3) is 0 Å². The molecule has 2 rings (SSSR count). The second-order valence-electron chi connectivity index (χ2n) is 4.34. The number of carboxylic acid groups (broad SMARTS) is 1. The van der Waals surface area contributed by atoms with Crippen molar-refractivity contribution in [1.82, 2.24) is 10.6 Å². The maximum absolute atomic E-state index is 11.1. The zero-order valence-electron chi connectivity index (χ0n) is 10.3. The molecule has 7 nitrogen and oxygen atoms in total. The third-order valence-electron chi connectivity index (χ3n) is 3.07. The molecule has 0 aromatic rings. The Labute approximate surface area is 116 Å². The molecule has 0 bridgehead atoms. The van der Waals surface area contributed by atoms with E-state index in [1.165, 1.54) is 0 Å². The highest BCUT2D eigenvalue weighted by atomic mass is 32.2. The van der Waals surface area contributed by atoms with Crippen LogP contribution in [0.1, 0.15) is 25.7 Å². The first-order chi connectivity index (χ1) is 9.08. The number of amides is 2. The minimum atomic E-state index is -1.42. The molecule has 9 heteroatoms. The molecule has 2 saturated heterocycles. The Morgan fingerprint density at radius 1 is 1.37 bits per heavy atom. The number of carbonyl (C=O) groups is 2. The smallest absolute Gasteiger partial charge is 0.481 e. The number of nitrogens with one attached hydrogen (secondary N) is 2. The highest BCUT2D eigenvalue weighted by Gasteiger charge is 2.42. The van der Waals surface area contributed by atoms with Gasteiger partial charge in [0.1, 0.15) is 0 Å². The van der Waals surface area contributed by atoms with E-state index in [9.17, 15) is 9.59 Å². The van der Waals surface area contributed by atoms with Gasteiger partial charge < -0.3 is 15.7 Å². The van der Waals surface area contributed by atoms with E-state index < -0.39 is 15.3 Å². The molecule has 0 unspecified atom stereocenters. The average Bonchev–Trinajstić information content (AvgIpc) is 2.85. The molecule has 0 aliphatic carbocycles. The van der Waals surface area contributed by atoms with E-state index in [0.29, 0.717) is 5.25 Å². The molecule has 0 spiro atoms. The average molecular weight is 304 g/mol. The first kappa shape index (κ1) is 16.0. The molecule has 2 fully saturated rings. The summed E-state index contributed by atoms with van der Waals surface area (Å²) in [4.78, 5) is 21.5. The number of hydrogen-bond donors (Lipinski definition) is 3. The first-order valence-electron chi connectivity index (χ1n) is 5.98. The summed E-state index contributed by atoms with van der Waals surface area (Å²) >= 11 is 1.87. The van der Waals surface area contributed by atoms with Crippen molar-refractivity contribution in [3.63, 3.8) is 0 Å². The molecule has 2 aliphatic heterocycles. The zero-order valence-corrected chi connectivity index (χ0v) is 12.1. The minimum absolute atomic E-state index is 0.0640. The van der Waals surface area contributed by atoms with Crippen LogP contribution in [0, 0.1) is 0 Å². The molecular formula is C10H16N2O5SSi. The van der Waals surface area contributed by atoms with Crippen molar-refractivity contribution >= 4 is 33.1 Å². The minimum Gasteiger partial charge on any atom is -0.481 e. The van der Waals surface area contributed by atoms with Crippen LogP contribution >= 0.6 is 11.8 Å². The number of urea groups is 1. The lowest BCUT2D eigenvalue weighted by molar-refractivity contribution is -0.137. The number of unbranched alkanes of at least 4 members (excludes halogenated alkanes) is 1. The molecule has 2 aliphatic rings. The highest BCUT2D eigenvalue weighted by molar-refractivity contribution is 8.00. The molecule has 0 aromatic heterocycles. The normalized spacial score (nSPS) is 27.4. The van der Waals surface area contributed by atoms with E-state index in [1.54, 1.807) is 0 Å². The van der Waals surface area contributed by atoms with Gasteiger partial charge >= 0.3 is 21.3 Å². The van der Waals surface area contributed by atoms with Gasteiger partial charge in [-0.25, -0.2) is 4.79 Å². The topological polar surface area (TPSA) is 113 Å². The molecule has 0 saturated carbocycles. The van der Waals surface area contributed by atoms with Crippen LogP contribution in [0.4, 0.5) is 4.79 Å². The molecular weight excluding hydrogens is 288 g/mol. The van der Waals surface area contributed by atoms with Gasteiger partial charge in [-0.15, -0.1) is 0 Å². The lowest BCUT2D eigenvalue weighted by Crippen LogP contribution is -2.36. The number of carboxylic acids is 1. The summed E-state index contributed by atoms with van der Waals surface area (Å²) in [5, 5.41) is 14.8. The fourth-order valence-corrected chi connectivity index (χ4v) is 3.81. The van der Waals surface area contributed by atoms with E-state index >= 15 is 0 Å². The fourth-order valence-electron chi connectivity index (χ4n) is 2.26. The number of aliphatic carboxylic acids is 1. The van der Waals surface area contributed by atoms with E-state index in [-0.39, 0.29) is 24.5 Å². The van der Waals surface area contributed by atoms with Crippen LogP contribution in [0.15, 0.2) is 0 Å². The van der Waals surface area contributed by atoms with Gasteiger partial charge in [0.05, 0.1) is 12.1 Å². The zero-order chi connectivity index (χ0) is 14.3. The van der Waals surface area contributed by atoms with Crippen molar-refractivity contribution in [1.29, 1.82) is 0 Å². The Kier molecular flexibility index (Phi) is 6.85. The maximum atomic E-state index is 11.1. The Balaban J connectivity index is 0.000000550. The Bertz CT molecular complexity index is 375. The van der Waals surface area contributed by atoms with Crippen molar-refractivity contribution in [2.45, 2.75) is 43.0 Å². The lowest BCUT2D eigenvalue weighted by atomic mass is 10.0. The van der Waals surface area contributed by atoms with Crippen LogP contribution in [0.5, 0.6) is 0 Å². The lowest BCUT2D eigenvalue weighted by Gasteiger charge is -2.16. The molecule has 0 radical (unpaired) electrons. The van der Waals surface area contributed by atoms with Crippen molar-refractivity contribution < 1.29 is 23.6 Å². The predicted octanol–water partition coefficient (Wildman–Crippen LogP) is 0.178. The van der Waals surface area contributed by atoms with Gasteiger partial charge in [0.15, 0.2) is 0 Å². The Hall–Kier alpha value is -1.09. The van der Waals surface area contributed by atoms with Crippen LogP contribution in [-0.4, -0.2) is 49.5 Å². The van der Waals surface area contributed by atoms with Crippen LogP contribution in [0.25, 0.3) is 0 Å². The predicted molar refractivity (Wildman–Crippen MR) is 68.7 cm³/mol. The highest BCUT2D eigenvalue weighted by Crippen LogP contribution is 2.33. The van der Waals surface area contributed by atoms with Crippen molar-refractivity contribution in [2.24, 2.45) is 0 Å². The molecule has 2 heterocycles. The van der Waals surface area contributed by atoms with Gasteiger partial charge in [-0.2, -0.15) is 11.8 Å². The second-order valence-corrected chi connectivity index (χ2v) is 5.78. The molecule has 106 valence electrons. The standard InChI is InChI=1S/C10H16N2O3S.O2Si/c13-8(14)4-2-1-3-7-9-6(5-16-7)11-10(15)12-9;1-3-2/h6-7,9H,1-5H2,(H,13,14)(H2,11,12,15);/t6-,7-,9-;/m0./s1. The second kappa shape index (κ2) is 8.15. The third-order valence-corrected chi connectivity index (χ3v) is 4.58. The summed E-state index contributed by atoms with van der Waals surface area (Å²) < 4.78 is 16.8. The van der Waals surface area contributed by atoms with Gasteiger partial charge in [0, 0.05) is 17.4 Å². The number of hydrogen-bond acceptors (Lipinski definition) is 5. The van der Waals surface area contributed by atoms with Crippen molar-refractivity contribution in [3.8, 4) is 0 Å². The van der Waals surface area contributed by atoms with Gasteiger partial charge in [-0.1, -0.05) is 6.42 Å². The monoisotopic (exact) mass is 304 g/mol. The number of thioether (sulfide) groups is 1. The van der Waals surface area contributed by atoms with Crippen molar-refractivity contribution in [3.05, 3.63) is 0 Å². The van der Waals surface area contributed by atoms with Crippen LogP contribution in [0.3, 0.4) is 0 Å². The largest absolute Gasteiger partial charge is 0.549 e. The summed E-state index contributed by atoms with van der Waals surface area (Å²) in [6.07, 6.45) is 2.88. The fraction of sp³-hybridized carbons (Fsp3) is 0.800. The van der Waals surface area contributed by atoms with E-state index in [1.807, 2.05) is 11.8 Å². The first-order valence-corrected chi connectivity index (χ1v) is 7.84.